The van der Waals surface area contributed by atoms with E-state index >= 15 is 0 Å². The van der Waals surface area contributed by atoms with Gasteiger partial charge < -0.3 is 21.7 Å². The highest BCUT2D eigenvalue weighted by molar-refractivity contribution is 9.10. The normalized spacial score (nSPS) is 12.8. The predicted octanol–water partition coefficient (Wildman–Crippen LogP) is 1.90. The SMILES string of the molecule is CC[C@@H](C)[C@@H](NC(N)=O)C(=O)NCC(=O)Nc1ccc(Br)cc1C. The lowest BCUT2D eigenvalue weighted by atomic mass is 9.98. The minimum Gasteiger partial charge on any atom is -0.352 e. The third-order valence-corrected chi connectivity index (χ3v) is 4.17. The van der Waals surface area contributed by atoms with Gasteiger partial charge in [0.2, 0.25) is 11.8 Å². The fraction of sp³-hybridized carbons (Fsp3) is 0.438. The maximum atomic E-state index is 12.2. The van der Waals surface area contributed by atoms with E-state index in [0.717, 1.165) is 10.0 Å². The molecule has 0 spiro atoms. The molecule has 0 radical (unpaired) electrons. The number of nitrogens with two attached hydrogens (primary N) is 1. The second kappa shape index (κ2) is 9.27. The van der Waals surface area contributed by atoms with E-state index in [4.69, 9.17) is 5.73 Å². The number of hydrogen-bond donors (Lipinski definition) is 4. The molecule has 0 saturated heterocycles. The number of halogens is 1. The maximum Gasteiger partial charge on any atom is 0.312 e. The van der Waals surface area contributed by atoms with Gasteiger partial charge >= 0.3 is 6.03 Å². The lowest BCUT2D eigenvalue weighted by Crippen LogP contribution is -2.52. The molecule has 8 heteroatoms. The lowest BCUT2D eigenvalue weighted by Gasteiger charge is -2.22. The fourth-order valence-corrected chi connectivity index (χ4v) is 2.57. The predicted molar refractivity (Wildman–Crippen MR) is 96.5 cm³/mol. The lowest BCUT2D eigenvalue weighted by molar-refractivity contribution is -0.126. The highest BCUT2D eigenvalue weighted by Crippen LogP contribution is 2.19. The number of urea groups is 1. The fourth-order valence-electron chi connectivity index (χ4n) is 2.09. The van der Waals surface area contributed by atoms with E-state index in [1.807, 2.05) is 32.9 Å². The third kappa shape index (κ3) is 6.19. The third-order valence-electron chi connectivity index (χ3n) is 3.68. The number of anilines is 1. The molecule has 7 nitrogen and oxygen atoms in total. The van der Waals surface area contributed by atoms with E-state index in [2.05, 4.69) is 31.9 Å². The molecule has 24 heavy (non-hydrogen) atoms. The maximum absolute atomic E-state index is 12.2. The van der Waals surface area contributed by atoms with Crippen LogP contribution < -0.4 is 21.7 Å². The summed E-state index contributed by atoms with van der Waals surface area (Å²) in [6.07, 6.45) is 0.683. The van der Waals surface area contributed by atoms with Crippen LogP contribution in [0.4, 0.5) is 10.5 Å². The molecule has 0 fully saturated rings. The van der Waals surface area contributed by atoms with Crippen LogP contribution in [0.2, 0.25) is 0 Å². The van der Waals surface area contributed by atoms with Crippen LogP contribution >= 0.6 is 15.9 Å². The van der Waals surface area contributed by atoms with Crippen LogP contribution in [0, 0.1) is 12.8 Å². The van der Waals surface area contributed by atoms with Crippen LogP contribution in [0.15, 0.2) is 22.7 Å². The van der Waals surface area contributed by atoms with Crippen molar-refractivity contribution in [3.8, 4) is 0 Å². The smallest absolute Gasteiger partial charge is 0.312 e. The van der Waals surface area contributed by atoms with Gasteiger partial charge in [-0.05, 0) is 36.6 Å². The molecule has 0 aliphatic heterocycles. The van der Waals surface area contributed by atoms with Crippen molar-refractivity contribution >= 4 is 39.5 Å². The largest absolute Gasteiger partial charge is 0.352 e. The molecule has 1 rings (SSSR count). The Hall–Kier alpha value is -2.09. The molecule has 5 N–H and O–H groups in total. The average molecular weight is 399 g/mol. The van der Waals surface area contributed by atoms with Gasteiger partial charge in [0, 0.05) is 10.2 Å². The first-order valence-electron chi connectivity index (χ1n) is 7.64. The van der Waals surface area contributed by atoms with Crippen molar-refractivity contribution in [2.24, 2.45) is 11.7 Å². The van der Waals surface area contributed by atoms with Crippen LogP contribution in [0.5, 0.6) is 0 Å². The molecular weight excluding hydrogens is 376 g/mol. The summed E-state index contributed by atoms with van der Waals surface area (Å²) in [5, 5.41) is 7.66. The molecule has 132 valence electrons. The van der Waals surface area contributed by atoms with Crippen molar-refractivity contribution in [1.82, 2.24) is 10.6 Å². The van der Waals surface area contributed by atoms with E-state index in [9.17, 15) is 14.4 Å². The number of primary amides is 1. The minimum atomic E-state index is -0.773. The van der Waals surface area contributed by atoms with Crippen LogP contribution in [0.25, 0.3) is 0 Å². The first-order chi connectivity index (χ1) is 11.2. The number of amides is 4. The van der Waals surface area contributed by atoms with Crippen molar-refractivity contribution in [3.63, 3.8) is 0 Å². The van der Waals surface area contributed by atoms with Crippen molar-refractivity contribution < 1.29 is 14.4 Å². The molecule has 0 aliphatic rings. The molecule has 0 heterocycles. The van der Waals surface area contributed by atoms with Crippen molar-refractivity contribution in [2.45, 2.75) is 33.2 Å². The summed E-state index contributed by atoms with van der Waals surface area (Å²) < 4.78 is 0.917. The zero-order valence-electron chi connectivity index (χ0n) is 14.0. The van der Waals surface area contributed by atoms with Crippen molar-refractivity contribution in [2.75, 3.05) is 11.9 Å². The standard InChI is InChI=1S/C16H23BrN4O3/c1-4-9(2)14(21-16(18)24)15(23)19-8-13(22)20-12-6-5-11(17)7-10(12)3/h5-7,9,14H,4,8H2,1-3H3,(H,19,23)(H,20,22)(H3,18,21,24)/t9-,14-/m1/s1. The molecule has 1 aromatic carbocycles. The Morgan fingerprint density at radius 1 is 1.29 bits per heavy atom. The highest BCUT2D eigenvalue weighted by atomic mass is 79.9. The highest BCUT2D eigenvalue weighted by Gasteiger charge is 2.25. The molecule has 0 unspecified atom stereocenters. The summed E-state index contributed by atoms with van der Waals surface area (Å²) in [6.45, 7) is 5.40. The second-order valence-corrected chi connectivity index (χ2v) is 6.51. The van der Waals surface area contributed by atoms with Crippen LogP contribution in [0.3, 0.4) is 0 Å². The zero-order valence-corrected chi connectivity index (χ0v) is 15.6. The summed E-state index contributed by atoms with van der Waals surface area (Å²) in [4.78, 5) is 35.2. The molecule has 0 bridgehead atoms. The summed E-state index contributed by atoms with van der Waals surface area (Å²) in [5.41, 5.74) is 6.67. The van der Waals surface area contributed by atoms with Gasteiger partial charge in [-0.1, -0.05) is 36.2 Å². The van der Waals surface area contributed by atoms with Gasteiger partial charge in [-0.25, -0.2) is 4.79 Å². The Bertz CT molecular complexity index is 621. The number of aryl methyl sites for hydroxylation is 1. The Labute approximate surface area is 149 Å². The van der Waals surface area contributed by atoms with Gasteiger partial charge in [-0.3, -0.25) is 9.59 Å². The van der Waals surface area contributed by atoms with E-state index < -0.39 is 18.0 Å². The van der Waals surface area contributed by atoms with Crippen molar-refractivity contribution in [3.05, 3.63) is 28.2 Å². The first-order valence-corrected chi connectivity index (χ1v) is 8.43. The van der Waals surface area contributed by atoms with Gasteiger partial charge in [-0.15, -0.1) is 0 Å². The van der Waals surface area contributed by atoms with Gasteiger partial charge in [0.05, 0.1) is 6.54 Å². The van der Waals surface area contributed by atoms with Crippen molar-refractivity contribution in [1.29, 1.82) is 0 Å². The number of benzene rings is 1. The molecule has 2 atom stereocenters. The Balaban J connectivity index is 2.60. The van der Waals surface area contributed by atoms with Gasteiger partial charge in [0.25, 0.3) is 0 Å². The Morgan fingerprint density at radius 2 is 1.96 bits per heavy atom. The first kappa shape index (κ1) is 20.0. The topological polar surface area (TPSA) is 113 Å². The van der Waals surface area contributed by atoms with E-state index in [0.29, 0.717) is 12.1 Å². The van der Waals surface area contributed by atoms with Crippen LogP contribution in [-0.2, 0) is 9.59 Å². The quantitative estimate of drug-likeness (QED) is 0.562. The Kier molecular flexibility index (Phi) is 7.70. The average Bonchev–Trinajstić information content (AvgIpc) is 2.52. The van der Waals surface area contributed by atoms with E-state index in [1.165, 1.54) is 0 Å². The zero-order chi connectivity index (χ0) is 18.3. The van der Waals surface area contributed by atoms with Gasteiger partial charge in [0.1, 0.15) is 6.04 Å². The monoisotopic (exact) mass is 398 g/mol. The van der Waals surface area contributed by atoms with Gasteiger partial charge in [0.15, 0.2) is 0 Å². The number of carbonyl (C=O) groups excluding carboxylic acids is 3. The van der Waals surface area contributed by atoms with Gasteiger partial charge in [-0.2, -0.15) is 0 Å². The molecular formula is C16H23BrN4O3. The summed E-state index contributed by atoms with van der Waals surface area (Å²) in [6, 6.07) is 3.93. The molecule has 0 saturated carbocycles. The molecule has 1 aromatic rings. The van der Waals surface area contributed by atoms with Crippen LogP contribution in [0.1, 0.15) is 25.8 Å². The number of carbonyl (C=O) groups is 3. The summed E-state index contributed by atoms with van der Waals surface area (Å²) in [7, 11) is 0. The van der Waals surface area contributed by atoms with E-state index in [1.54, 1.807) is 6.07 Å². The number of hydrogen-bond acceptors (Lipinski definition) is 3. The molecule has 0 aromatic heterocycles. The number of rotatable bonds is 7. The minimum absolute atomic E-state index is 0.103. The van der Waals surface area contributed by atoms with E-state index in [-0.39, 0.29) is 18.4 Å². The second-order valence-electron chi connectivity index (χ2n) is 5.60. The van der Waals surface area contributed by atoms with Crippen LogP contribution in [-0.4, -0.2) is 30.4 Å². The molecule has 4 amide bonds. The summed E-state index contributed by atoms with van der Waals surface area (Å²) in [5.74, 6) is -0.893. The molecule has 0 aliphatic carbocycles. The summed E-state index contributed by atoms with van der Waals surface area (Å²) >= 11 is 3.35. The number of nitrogens with one attached hydrogen (secondary N) is 3. The Morgan fingerprint density at radius 3 is 2.50 bits per heavy atom.